The fourth-order valence-corrected chi connectivity index (χ4v) is 1.97. The Morgan fingerprint density at radius 2 is 2.14 bits per heavy atom. The lowest BCUT2D eigenvalue weighted by molar-refractivity contribution is 0.102. The Bertz CT molecular complexity index is 604. The van der Waals surface area contributed by atoms with E-state index < -0.39 is 0 Å². The van der Waals surface area contributed by atoms with Crippen molar-refractivity contribution in [1.29, 1.82) is 0 Å². The first-order valence-corrected chi connectivity index (χ1v) is 7.26. The van der Waals surface area contributed by atoms with Crippen LogP contribution in [-0.4, -0.2) is 22.6 Å². The molecule has 1 heterocycles. The molecule has 112 valence electrons. The Morgan fingerprint density at radius 1 is 1.33 bits per heavy atom. The second-order valence-corrected chi connectivity index (χ2v) is 5.30. The van der Waals surface area contributed by atoms with Gasteiger partial charge in [-0.1, -0.05) is 32.9 Å². The van der Waals surface area contributed by atoms with Crippen LogP contribution in [0.2, 0.25) is 0 Å². The highest BCUT2D eigenvalue weighted by molar-refractivity contribution is 6.02. The number of anilines is 1. The van der Waals surface area contributed by atoms with Gasteiger partial charge in [0.2, 0.25) is 0 Å². The van der Waals surface area contributed by atoms with Crippen molar-refractivity contribution in [2.24, 2.45) is 0 Å². The molecule has 1 amide bonds. The maximum absolute atomic E-state index is 12.2. The summed E-state index contributed by atoms with van der Waals surface area (Å²) in [6, 6.07) is 9.61. The Labute approximate surface area is 125 Å². The summed E-state index contributed by atoms with van der Waals surface area (Å²) in [4.78, 5) is 12.2. The van der Waals surface area contributed by atoms with Crippen molar-refractivity contribution in [1.82, 2.24) is 15.5 Å². The lowest BCUT2D eigenvalue weighted by Gasteiger charge is -2.06. The molecule has 2 rings (SSSR count). The van der Waals surface area contributed by atoms with Crippen molar-refractivity contribution < 1.29 is 4.79 Å². The van der Waals surface area contributed by atoms with E-state index in [0.29, 0.717) is 11.6 Å². The van der Waals surface area contributed by atoms with Crippen LogP contribution in [-0.2, 0) is 6.54 Å². The highest BCUT2D eigenvalue weighted by Crippen LogP contribution is 2.15. The average molecular weight is 286 g/mol. The third-order valence-corrected chi connectivity index (χ3v) is 3.22. The first-order chi connectivity index (χ1) is 10.1. The maximum atomic E-state index is 12.2. The van der Waals surface area contributed by atoms with Gasteiger partial charge in [-0.05, 0) is 36.2 Å². The lowest BCUT2D eigenvalue weighted by Crippen LogP contribution is -2.14. The molecule has 0 saturated carbocycles. The minimum atomic E-state index is -0.196. The zero-order valence-corrected chi connectivity index (χ0v) is 12.7. The lowest BCUT2D eigenvalue weighted by atomic mass is 10.1. The van der Waals surface area contributed by atoms with Crippen LogP contribution in [0.3, 0.4) is 0 Å². The predicted octanol–water partition coefficient (Wildman–Crippen LogP) is 2.89. The predicted molar refractivity (Wildman–Crippen MR) is 84.5 cm³/mol. The fourth-order valence-electron chi connectivity index (χ4n) is 1.97. The SMILES string of the molecule is CCNCc1cccc(NC(=O)c2cc(C(C)C)[nH]n2)c1. The van der Waals surface area contributed by atoms with E-state index in [0.717, 1.165) is 30.0 Å². The molecule has 0 unspecified atom stereocenters. The van der Waals surface area contributed by atoms with Crippen LogP contribution in [0.1, 0.15) is 48.4 Å². The van der Waals surface area contributed by atoms with Crippen LogP contribution < -0.4 is 10.6 Å². The summed E-state index contributed by atoms with van der Waals surface area (Å²) in [5.41, 5.74) is 3.29. The molecular weight excluding hydrogens is 264 g/mol. The van der Waals surface area contributed by atoms with E-state index in [1.54, 1.807) is 6.07 Å². The van der Waals surface area contributed by atoms with Crippen LogP contribution >= 0.6 is 0 Å². The molecule has 0 bridgehead atoms. The number of benzene rings is 1. The number of carbonyl (C=O) groups is 1. The van der Waals surface area contributed by atoms with Gasteiger partial charge < -0.3 is 10.6 Å². The third-order valence-electron chi connectivity index (χ3n) is 3.22. The van der Waals surface area contributed by atoms with Crippen molar-refractivity contribution in [3.63, 3.8) is 0 Å². The monoisotopic (exact) mass is 286 g/mol. The second kappa shape index (κ2) is 7.04. The average Bonchev–Trinajstić information content (AvgIpc) is 2.95. The van der Waals surface area contributed by atoms with Gasteiger partial charge in [0, 0.05) is 17.9 Å². The molecule has 21 heavy (non-hydrogen) atoms. The standard InChI is InChI=1S/C16H22N4O/c1-4-17-10-12-6-5-7-13(8-12)18-16(21)15-9-14(11(2)3)19-20-15/h5-9,11,17H,4,10H2,1-3H3,(H,18,21)(H,19,20). The van der Waals surface area contributed by atoms with Crippen LogP contribution in [0.15, 0.2) is 30.3 Å². The van der Waals surface area contributed by atoms with Gasteiger partial charge in [-0.3, -0.25) is 9.89 Å². The van der Waals surface area contributed by atoms with Gasteiger partial charge in [0.25, 0.3) is 5.91 Å². The maximum Gasteiger partial charge on any atom is 0.276 e. The normalized spacial score (nSPS) is 10.9. The number of aromatic amines is 1. The first kappa shape index (κ1) is 15.3. The molecule has 0 spiro atoms. The van der Waals surface area contributed by atoms with Crippen molar-refractivity contribution >= 4 is 11.6 Å². The fraction of sp³-hybridized carbons (Fsp3) is 0.375. The second-order valence-electron chi connectivity index (χ2n) is 5.30. The van der Waals surface area contributed by atoms with E-state index in [4.69, 9.17) is 0 Å². The third kappa shape index (κ3) is 4.16. The molecule has 0 aliphatic heterocycles. The minimum Gasteiger partial charge on any atom is -0.321 e. The quantitative estimate of drug-likeness (QED) is 0.764. The Kier molecular flexibility index (Phi) is 5.11. The van der Waals surface area contributed by atoms with Crippen LogP contribution in [0, 0.1) is 0 Å². The van der Waals surface area contributed by atoms with Crippen molar-refractivity contribution in [3.05, 3.63) is 47.3 Å². The summed E-state index contributed by atoms with van der Waals surface area (Å²) < 4.78 is 0. The topological polar surface area (TPSA) is 69.8 Å². The summed E-state index contributed by atoms with van der Waals surface area (Å²) in [6.07, 6.45) is 0. The Balaban J connectivity index is 2.04. The number of nitrogens with zero attached hydrogens (tertiary/aromatic N) is 1. The highest BCUT2D eigenvalue weighted by atomic mass is 16.1. The Morgan fingerprint density at radius 3 is 2.81 bits per heavy atom. The molecule has 5 nitrogen and oxygen atoms in total. The summed E-state index contributed by atoms with van der Waals surface area (Å²) in [5, 5.41) is 13.1. The number of hydrogen-bond donors (Lipinski definition) is 3. The molecular formula is C16H22N4O. The van der Waals surface area contributed by atoms with Gasteiger partial charge in [0.15, 0.2) is 5.69 Å². The van der Waals surface area contributed by atoms with Gasteiger partial charge in [-0.15, -0.1) is 0 Å². The van der Waals surface area contributed by atoms with E-state index >= 15 is 0 Å². The number of amides is 1. The molecule has 0 radical (unpaired) electrons. The van der Waals surface area contributed by atoms with E-state index in [-0.39, 0.29) is 5.91 Å². The summed E-state index contributed by atoms with van der Waals surface area (Å²) in [7, 11) is 0. The number of rotatable bonds is 6. The zero-order valence-electron chi connectivity index (χ0n) is 12.7. The Hall–Kier alpha value is -2.14. The van der Waals surface area contributed by atoms with Gasteiger partial charge in [-0.2, -0.15) is 5.10 Å². The minimum absolute atomic E-state index is 0.196. The molecule has 1 aromatic heterocycles. The summed E-state index contributed by atoms with van der Waals surface area (Å²) >= 11 is 0. The number of aromatic nitrogens is 2. The van der Waals surface area contributed by atoms with Crippen molar-refractivity contribution in [2.45, 2.75) is 33.2 Å². The molecule has 0 atom stereocenters. The number of H-pyrrole nitrogens is 1. The number of hydrogen-bond acceptors (Lipinski definition) is 3. The van der Waals surface area contributed by atoms with Crippen LogP contribution in [0.4, 0.5) is 5.69 Å². The largest absolute Gasteiger partial charge is 0.321 e. The number of nitrogens with one attached hydrogen (secondary N) is 3. The molecule has 1 aromatic carbocycles. The van der Waals surface area contributed by atoms with Gasteiger partial charge in [0.1, 0.15) is 0 Å². The molecule has 2 aromatic rings. The molecule has 5 heteroatoms. The van der Waals surface area contributed by atoms with Gasteiger partial charge in [0.05, 0.1) is 0 Å². The zero-order chi connectivity index (χ0) is 15.2. The molecule has 0 aliphatic carbocycles. The summed E-state index contributed by atoms with van der Waals surface area (Å²) in [6.45, 7) is 7.89. The molecule has 0 saturated heterocycles. The molecule has 0 fully saturated rings. The van der Waals surface area contributed by atoms with Gasteiger partial charge >= 0.3 is 0 Å². The summed E-state index contributed by atoms with van der Waals surface area (Å²) in [5.74, 6) is 0.126. The molecule has 3 N–H and O–H groups in total. The smallest absolute Gasteiger partial charge is 0.276 e. The van der Waals surface area contributed by atoms with Crippen LogP contribution in [0.25, 0.3) is 0 Å². The molecule has 0 aliphatic rings. The number of carbonyl (C=O) groups excluding carboxylic acids is 1. The van der Waals surface area contributed by atoms with Crippen molar-refractivity contribution in [3.8, 4) is 0 Å². The van der Waals surface area contributed by atoms with Crippen molar-refractivity contribution in [2.75, 3.05) is 11.9 Å². The van der Waals surface area contributed by atoms with E-state index in [2.05, 4.69) is 41.6 Å². The van der Waals surface area contributed by atoms with E-state index in [9.17, 15) is 4.79 Å². The van der Waals surface area contributed by atoms with Gasteiger partial charge in [-0.25, -0.2) is 0 Å². The highest BCUT2D eigenvalue weighted by Gasteiger charge is 2.12. The van der Waals surface area contributed by atoms with Crippen LogP contribution in [0.5, 0.6) is 0 Å². The van der Waals surface area contributed by atoms with E-state index in [1.165, 1.54) is 0 Å². The van der Waals surface area contributed by atoms with E-state index in [1.807, 2.05) is 24.3 Å². The first-order valence-electron chi connectivity index (χ1n) is 7.26.